The normalized spacial score (nSPS) is 17.5. The van der Waals surface area contributed by atoms with Crippen LogP contribution in [-0.4, -0.2) is 28.9 Å². The number of anilines is 1. The zero-order chi connectivity index (χ0) is 24.0. The van der Waals surface area contributed by atoms with E-state index in [1.807, 2.05) is 30.3 Å². The summed E-state index contributed by atoms with van der Waals surface area (Å²) in [5.41, 5.74) is 1.77. The molecule has 9 heteroatoms. The number of carbonyl (C=O) groups excluding carboxylic acids is 2. The van der Waals surface area contributed by atoms with Crippen molar-refractivity contribution >= 4 is 78.3 Å². The minimum atomic E-state index is -0.838. The van der Waals surface area contributed by atoms with Crippen LogP contribution in [0.3, 0.4) is 0 Å². The SMILES string of the molecule is COc1ccc2nc(N3C(=O)C(=O)C(=C(O)c4ccc(Cl)cc4)C3c3ccc(I)cc3)sc2c1. The lowest BCUT2D eigenvalue weighted by Gasteiger charge is -2.23. The van der Waals surface area contributed by atoms with E-state index in [2.05, 4.69) is 27.6 Å². The largest absolute Gasteiger partial charge is 0.507 e. The number of benzene rings is 3. The second-order valence-corrected chi connectivity index (χ2v) is 10.2. The number of rotatable bonds is 4. The molecule has 0 radical (unpaired) electrons. The van der Waals surface area contributed by atoms with Crippen LogP contribution in [0.2, 0.25) is 5.02 Å². The number of hydrogen-bond acceptors (Lipinski definition) is 6. The number of aromatic nitrogens is 1. The number of nitrogens with zero attached hydrogens (tertiary/aromatic N) is 2. The van der Waals surface area contributed by atoms with Crippen molar-refractivity contribution in [2.45, 2.75) is 6.04 Å². The number of methoxy groups -OCH3 is 1. The Morgan fingerprint density at radius 3 is 2.47 bits per heavy atom. The predicted molar refractivity (Wildman–Crippen MR) is 142 cm³/mol. The highest BCUT2D eigenvalue weighted by Crippen LogP contribution is 2.44. The Bertz CT molecular complexity index is 1460. The maximum Gasteiger partial charge on any atom is 0.301 e. The molecule has 6 nitrogen and oxygen atoms in total. The van der Waals surface area contributed by atoms with Gasteiger partial charge in [0.2, 0.25) is 0 Å². The Balaban J connectivity index is 1.71. The summed E-state index contributed by atoms with van der Waals surface area (Å²) in [5, 5.41) is 12.0. The molecular weight excluding hydrogens is 587 g/mol. The molecule has 5 rings (SSSR count). The third kappa shape index (κ3) is 3.95. The van der Waals surface area contributed by atoms with Gasteiger partial charge in [0.15, 0.2) is 5.13 Å². The van der Waals surface area contributed by atoms with Crippen molar-refractivity contribution in [3.8, 4) is 5.75 Å². The molecule has 1 unspecified atom stereocenters. The van der Waals surface area contributed by atoms with Crippen molar-refractivity contribution in [3.05, 3.63) is 92.0 Å². The van der Waals surface area contributed by atoms with Crippen LogP contribution < -0.4 is 9.64 Å². The molecule has 0 saturated carbocycles. The van der Waals surface area contributed by atoms with Gasteiger partial charge in [-0.05, 0) is 82.8 Å². The van der Waals surface area contributed by atoms with E-state index in [0.717, 1.165) is 8.27 Å². The molecule has 2 heterocycles. The fraction of sp³-hybridized carbons (Fsp3) is 0.0800. The van der Waals surface area contributed by atoms with Gasteiger partial charge >= 0.3 is 5.91 Å². The average Bonchev–Trinajstić information content (AvgIpc) is 3.37. The molecule has 1 amide bonds. The maximum absolute atomic E-state index is 13.3. The minimum absolute atomic E-state index is 0.00497. The van der Waals surface area contributed by atoms with Crippen LogP contribution in [-0.2, 0) is 9.59 Å². The second-order valence-electron chi connectivity index (χ2n) is 7.56. The van der Waals surface area contributed by atoms with E-state index in [4.69, 9.17) is 16.3 Å². The summed E-state index contributed by atoms with van der Waals surface area (Å²) >= 11 is 9.46. The molecule has 0 spiro atoms. The van der Waals surface area contributed by atoms with Crippen LogP contribution in [0.25, 0.3) is 16.0 Å². The molecular formula is C25H16ClIN2O4S. The van der Waals surface area contributed by atoms with E-state index in [1.165, 1.54) is 16.2 Å². The molecule has 1 fully saturated rings. The first-order valence-corrected chi connectivity index (χ1v) is 12.4. The number of aliphatic hydroxyl groups is 1. The lowest BCUT2D eigenvalue weighted by molar-refractivity contribution is -0.132. The van der Waals surface area contributed by atoms with Crippen LogP contribution >= 0.6 is 45.5 Å². The van der Waals surface area contributed by atoms with E-state index < -0.39 is 17.7 Å². The average molecular weight is 603 g/mol. The van der Waals surface area contributed by atoms with Gasteiger partial charge in [-0.1, -0.05) is 35.1 Å². The Morgan fingerprint density at radius 2 is 1.79 bits per heavy atom. The van der Waals surface area contributed by atoms with Crippen molar-refractivity contribution < 1.29 is 19.4 Å². The molecule has 1 atom stereocenters. The Labute approximate surface area is 217 Å². The van der Waals surface area contributed by atoms with Crippen molar-refractivity contribution in [1.82, 2.24) is 4.98 Å². The van der Waals surface area contributed by atoms with Gasteiger partial charge in [0.1, 0.15) is 11.5 Å². The molecule has 1 aromatic heterocycles. The van der Waals surface area contributed by atoms with E-state index in [9.17, 15) is 14.7 Å². The molecule has 170 valence electrons. The Hall–Kier alpha value is -2.95. The first-order chi connectivity index (χ1) is 16.4. The number of halogens is 2. The van der Waals surface area contributed by atoms with Crippen LogP contribution in [0.5, 0.6) is 5.75 Å². The molecule has 1 N–H and O–H groups in total. The van der Waals surface area contributed by atoms with Crippen molar-refractivity contribution in [2.24, 2.45) is 0 Å². The van der Waals surface area contributed by atoms with Crippen LogP contribution in [0.4, 0.5) is 5.13 Å². The van der Waals surface area contributed by atoms with Crippen LogP contribution in [0, 0.1) is 3.57 Å². The topological polar surface area (TPSA) is 79.7 Å². The zero-order valence-corrected chi connectivity index (χ0v) is 21.4. The number of ketones is 1. The third-order valence-corrected chi connectivity index (χ3v) is 7.53. The third-order valence-electron chi connectivity index (χ3n) is 5.54. The smallest absolute Gasteiger partial charge is 0.301 e. The highest BCUT2D eigenvalue weighted by molar-refractivity contribution is 14.1. The van der Waals surface area contributed by atoms with E-state index >= 15 is 0 Å². The van der Waals surface area contributed by atoms with Crippen molar-refractivity contribution in [3.63, 3.8) is 0 Å². The standard InChI is InChI=1S/C25H16ClIN2O4S/c1-33-17-10-11-18-19(12-17)34-25(28-18)29-21(13-4-8-16(27)9-5-13)20(23(31)24(29)32)22(30)14-2-6-15(26)7-3-14/h2-12,21,30H,1H3. The summed E-state index contributed by atoms with van der Waals surface area (Å²) in [4.78, 5) is 32.5. The first kappa shape index (κ1) is 22.8. The van der Waals surface area contributed by atoms with Gasteiger partial charge in [-0.25, -0.2) is 4.98 Å². The lowest BCUT2D eigenvalue weighted by atomic mass is 9.95. The van der Waals surface area contributed by atoms with Crippen molar-refractivity contribution in [2.75, 3.05) is 12.0 Å². The minimum Gasteiger partial charge on any atom is -0.507 e. The summed E-state index contributed by atoms with van der Waals surface area (Å²) < 4.78 is 7.11. The molecule has 4 aromatic rings. The second kappa shape index (κ2) is 9.01. The molecule has 0 bridgehead atoms. The fourth-order valence-corrected chi connectivity index (χ4v) is 5.38. The summed E-state index contributed by atoms with van der Waals surface area (Å²) in [6.45, 7) is 0. The van der Waals surface area contributed by atoms with Gasteiger partial charge in [-0.15, -0.1) is 0 Å². The molecule has 0 aliphatic carbocycles. The van der Waals surface area contributed by atoms with Gasteiger partial charge < -0.3 is 9.84 Å². The van der Waals surface area contributed by atoms with Crippen LogP contribution in [0.15, 0.2) is 72.3 Å². The quantitative estimate of drug-likeness (QED) is 0.130. The van der Waals surface area contributed by atoms with Gasteiger partial charge in [-0.3, -0.25) is 14.5 Å². The summed E-state index contributed by atoms with van der Waals surface area (Å²) in [7, 11) is 1.58. The maximum atomic E-state index is 13.3. The monoisotopic (exact) mass is 602 g/mol. The fourth-order valence-electron chi connectivity index (χ4n) is 3.88. The molecule has 1 aliphatic heterocycles. The molecule has 1 saturated heterocycles. The highest BCUT2D eigenvalue weighted by Gasteiger charge is 2.48. The van der Waals surface area contributed by atoms with Gasteiger partial charge in [0, 0.05) is 14.2 Å². The number of aliphatic hydroxyl groups excluding tert-OH is 1. The van der Waals surface area contributed by atoms with Gasteiger partial charge in [-0.2, -0.15) is 0 Å². The number of ether oxygens (including phenoxy) is 1. The Morgan fingerprint density at radius 1 is 1.09 bits per heavy atom. The van der Waals surface area contributed by atoms with E-state index in [1.54, 1.807) is 43.5 Å². The van der Waals surface area contributed by atoms with E-state index in [-0.39, 0.29) is 11.3 Å². The van der Waals surface area contributed by atoms with E-state index in [0.29, 0.717) is 32.5 Å². The predicted octanol–water partition coefficient (Wildman–Crippen LogP) is 6.19. The Kier molecular flexibility index (Phi) is 6.05. The number of amides is 1. The number of Topliss-reactive ketones (excluding diaryl/α,β-unsaturated/α-hetero) is 1. The number of fused-ring (bicyclic) bond motifs is 1. The first-order valence-electron chi connectivity index (χ1n) is 10.1. The summed E-state index contributed by atoms with van der Waals surface area (Å²) in [6, 6.07) is 18.5. The molecule has 3 aromatic carbocycles. The molecule has 1 aliphatic rings. The summed E-state index contributed by atoms with van der Waals surface area (Å²) in [5.74, 6) is -1.11. The van der Waals surface area contributed by atoms with Crippen LogP contribution in [0.1, 0.15) is 17.2 Å². The lowest BCUT2D eigenvalue weighted by Crippen LogP contribution is -2.29. The zero-order valence-electron chi connectivity index (χ0n) is 17.7. The van der Waals surface area contributed by atoms with Crippen molar-refractivity contribution in [1.29, 1.82) is 0 Å². The summed E-state index contributed by atoms with van der Waals surface area (Å²) in [6.07, 6.45) is 0. The number of hydrogen-bond donors (Lipinski definition) is 1. The van der Waals surface area contributed by atoms with Gasteiger partial charge in [0.05, 0.1) is 28.9 Å². The number of thiazole rings is 1. The van der Waals surface area contributed by atoms with Gasteiger partial charge in [0.25, 0.3) is 5.78 Å². The molecule has 34 heavy (non-hydrogen) atoms. The number of carbonyl (C=O) groups is 2. The highest BCUT2D eigenvalue weighted by atomic mass is 127.